The van der Waals surface area contributed by atoms with E-state index in [2.05, 4.69) is 15.3 Å². The molecule has 0 spiro atoms. The number of para-hydroxylation sites is 1. The maximum Gasteiger partial charge on any atom is 0.251 e. The number of nitrogens with one attached hydrogen (secondary N) is 1. The van der Waals surface area contributed by atoms with E-state index < -0.39 is 17.7 Å². The molecule has 0 aliphatic carbocycles. The van der Waals surface area contributed by atoms with Gasteiger partial charge in [0.25, 0.3) is 5.91 Å². The Morgan fingerprint density at radius 2 is 2.15 bits per heavy atom. The summed E-state index contributed by atoms with van der Waals surface area (Å²) in [5.74, 6) is -1.99. The van der Waals surface area contributed by atoms with E-state index in [1.54, 1.807) is 36.8 Å². The van der Waals surface area contributed by atoms with E-state index in [9.17, 15) is 9.59 Å². The van der Waals surface area contributed by atoms with Gasteiger partial charge >= 0.3 is 0 Å². The molecule has 7 nitrogen and oxygen atoms in total. The topological polar surface area (TPSA) is 79.6 Å². The van der Waals surface area contributed by atoms with E-state index in [-0.39, 0.29) is 5.11 Å². The second kappa shape index (κ2) is 8.20. The molecule has 0 unspecified atom stereocenters. The molecule has 134 valence electrons. The van der Waals surface area contributed by atoms with E-state index in [4.69, 9.17) is 23.8 Å². The molecule has 26 heavy (non-hydrogen) atoms. The number of aryl methyl sites for hydroxylation is 1. The molecule has 1 fully saturated rings. The van der Waals surface area contributed by atoms with Gasteiger partial charge in [-0.3, -0.25) is 19.5 Å². The van der Waals surface area contributed by atoms with Crippen molar-refractivity contribution in [3.05, 3.63) is 48.0 Å². The second-order valence-electron chi connectivity index (χ2n) is 5.61. The first-order valence-electron chi connectivity index (χ1n) is 7.97. The number of nitrogens with zero attached hydrogens (tertiary/aromatic N) is 4. The summed E-state index contributed by atoms with van der Waals surface area (Å²) in [5.41, 5.74) is 0.433. The third-order valence-electron chi connectivity index (χ3n) is 3.81. The summed E-state index contributed by atoms with van der Waals surface area (Å²) in [6.45, 7) is 1.25. The SMILES string of the molecule is O=C1NC(=S)N(c2ccccc2Cl)C(=O)[C@@H]1C=NCCCn1ccnc1. The Morgan fingerprint density at radius 1 is 1.35 bits per heavy atom. The molecule has 1 aliphatic rings. The van der Waals surface area contributed by atoms with Gasteiger partial charge in [-0.25, -0.2) is 4.98 Å². The van der Waals surface area contributed by atoms with Crippen molar-refractivity contribution in [2.45, 2.75) is 13.0 Å². The van der Waals surface area contributed by atoms with Crippen LogP contribution < -0.4 is 10.2 Å². The maximum atomic E-state index is 12.8. The van der Waals surface area contributed by atoms with Crippen LogP contribution in [0.4, 0.5) is 5.69 Å². The number of hydrogen-bond acceptors (Lipinski definition) is 5. The van der Waals surface area contributed by atoms with Crippen molar-refractivity contribution in [1.29, 1.82) is 0 Å². The number of carbonyl (C=O) groups excluding carboxylic acids is 2. The molecule has 2 aromatic rings. The van der Waals surface area contributed by atoms with Crippen molar-refractivity contribution in [1.82, 2.24) is 14.9 Å². The Kier molecular flexibility index (Phi) is 5.75. The number of imidazole rings is 1. The van der Waals surface area contributed by atoms with E-state index >= 15 is 0 Å². The molecule has 9 heteroatoms. The Bertz CT molecular complexity index is 853. The molecule has 0 saturated carbocycles. The maximum absolute atomic E-state index is 12.8. The van der Waals surface area contributed by atoms with Crippen LogP contribution in [0.5, 0.6) is 0 Å². The fourth-order valence-corrected chi connectivity index (χ4v) is 3.04. The molecule has 1 atom stereocenters. The van der Waals surface area contributed by atoms with Gasteiger partial charge in [0.1, 0.15) is 0 Å². The summed E-state index contributed by atoms with van der Waals surface area (Å²) in [7, 11) is 0. The number of thiocarbonyl (C=S) groups is 1. The van der Waals surface area contributed by atoms with Gasteiger partial charge in [-0.05, 0) is 30.8 Å². The minimum absolute atomic E-state index is 0.0119. The molecular formula is C17H16ClN5O2S. The van der Waals surface area contributed by atoms with Crippen LogP contribution in [-0.2, 0) is 16.1 Å². The summed E-state index contributed by atoms with van der Waals surface area (Å²) in [4.78, 5) is 34.3. The lowest BCUT2D eigenvalue weighted by Crippen LogP contribution is -2.58. The molecular weight excluding hydrogens is 374 g/mol. The molecule has 2 amide bonds. The van der Waals surface area contributed by atoms with Crippen LogP contribution in [0, 0.1) is 5.92 Å². The highest BCUT2D eigenvalue weighted by Gasteiger charge is 2.38. The quantitative estimate of drug-likeness (QED) is 0.355. The average molecular weight is 390 g/mol. The minimum Gasteiger partial charge on any atom is -0.337 e. The Balaban J connectivity index is 1.67. The second-order valence-corrected chi connectivity index (χ2v) is 6.40. The van der Waals surface area contributed by atoms with Gasteiger partial charge in [0.05, 0.1) is 17.0 Å². The van der Waals surface area contributed by atoms with Crippen LogP contribution in [0.3, 0.4) is 0 Å². The zero-order chi connectivity index (χ0) is 18.5. The van der Waals surface area contributed by atoms with Crippen molar-refractivity contribution in [2.75, 3.05) is 11.4 Å². The Hall–Kier alpha value is -2.58. The smallest absolute Gasteiger partial charge is 0.251 e. The van der Waals surface area contributed by atoms with Gasteiger partial charge in [-0.1, -0.05) is 23.7 Å². The van der Waals surface area contributed by atoms with E-state index in [1.165, 1.54) is 11.1 Å². The summed E-state index contributed by atoms with van der Waals surface area (Å²) in [5, 5.41) is 2.92. The highest BCUT2D eigenvalue weighted by Crippen LogP contribution is 2.28. The zero-order valence-corrected chi connectivity index (χ0v) is 15.3. The van der Waals surface area contributed by atoms with Crippen LogP contribution >= 0.6 is 23.8 Å². The van der Waals surface area contributed by atoms with Crippen molar-refractivity contribution in [2.24, 2.45) is 10.9 Å². The standard InChI is InChI=1S/C17H16ClN5O2S/c18-13-4-1-2-5-14(13)23-16(25)12(15(24)21-17(23)26)10-19-6-3-8-22-9-7-20-11-22/h1-2,4-5,7,9-12H,3,6,8H2,(H,21,24,26)/t12-/m1/s1. The predicted octanol–water partition coefficient (Wildman–Crippen LogP) is 2.06. The first-order chi connectivity index (χ1) is 12.6. The summed E-state index contributed by atoms with van der Waals surface area (Å²) >= 11 is 11.3. The molecule has 1 aromatic carbocycles. The lowest BCUT2D eigenvalue weighted by molar-refractivity contribution is -0.130. The number of carbonyl (C=O) groups is 2. The van der Waals surface area contributed by atoms with Crippen molar-refractivity contribution >= 4 is 52.6 Å². The predicted molar refractivity (Wildman–Crippen MR) is 103 cm³/mol. The van der Waals surface area contributed by atoms with Crippen molar-refractivity contribution < 1.29 is 9.59 Å². The fraction of sp³-hybridized carbons (Fsp3) is 0.235. The summed E-state index contributed by atoms with van der Waals surface area (Å²) in [6, 6.07) is 6.82. The van der Waals surface area contributed by atoms with Gasteiger partial charge in [-0.15, -0.1) is 0 Å². The number of anilines is 1. The van der Waals surface area contributed by atoms with E-state index in [0.717, 1.165) is 13.0 Å². The Labute approximate surface area is 160 Å². The number of halogens is 1. The van der Waals surface area contributed by atoms with Crippen molar-refractivity contribution in [3.8, 4) is 0 Å². The number of amides is 2. The monoisotopic (exact) mass is 389 g/mol. The average Bonchev–Trinajstić information content (AvgIpc) is 3.12. The molecule has 0 radical (unpaired) electrons. The fourth-order valence-electron chi connectivity index (χ4n) is 2.53. The lowest BCUT2D eigenvalue weighted by Gasteiger charge is -2.31. The largest absolute Gasteiger partial charge is 0.337 e. The number of aliphatic imine (C=N–C) groups is 1. The number of hydrogen-bond donors (Lipinski definition) is 1. The molecule has 1 aromatic heterocycles. The van der Waals surface area contributed by atoms with Gasteiger partial charge < -0.3 is 9.88 Å². The van der Waals surface area contributed by atoms with Crippen LogP contribution in [0.15, 0.2) is 48.0 Å². The van der Waals surface area contributed by atoms with Crippen LogP contribution in [0.2, 0.25) is 5.02 Å². The lowest BCUT2D eigenvalue weighted by atomic mass is 10.1. The third-order valence-corrected chi connectivity index (χ3v) is 4.42. The number of rotatable bonds is 6. The van der Waals surface area contributed by atoms with Crippen LogP contribution in [0.1, 0.15) is 6.42 Å². The highest BCUT2D eigenvalue weighted by atomic mass is 35.5. The summed E-state index contributed by atoms with van der Waals surface area (Å²) in [6.07, 6.45) is 7.44. The van der Waals surface area contributed by atoms with Crippen molar-refractivity contribution in [3.63, 3.8) is 0 Å². The zero-order valence-electron chi connectivity index (χ0n) is 13.7. The molecule has 0 bridgehead atoms. The van der Waals surface area contributed by atoms with E-state index in [0.29, 0.717) is 17.3 Å². The molecule has 3 rings (SSSR count). The van der Waals surface area contributed by atoms with Gasteiger partial charge in [0.15, 0.2) is 11.0 Å². The minimum atomic E-state index is -1.04. The summed E-state index contributed by atoms with van der Waals surface area (Å²) < 4.78 is 1.94. The van der Waals surface area contributed by atoms with Gasteiger partial charge in [-0.2, -0.15) is 0 Å². The molecule has 1 aliphatic heterocycles. The van der Waals surface area contributed by atoms with Crippen LogP contribution in [-0.4, -0.2) is 39.2 Å². The third kappa shape index (κ3) is 3.97. The number of benzene rings is 1. The first-order valence-corrected chi connectivity index (χ1v) is 8.75. The molecule has 2 heterocycles. The first kappa shape index (κ1) is 18.2. The Morgan fingerprint density at radius 3 is 2.88 bits per heavy atom. The van der Waals surface area contributed by atoms with Gasteiger partial charge in [0.2, 0.25) is 5.91 Å². The number of aromatic nitrogens is 2. The molecule has 1 saturated heterocycles. The normalized spacial score (nSPS) is 17.8. The van der Waals surface area contributed by atoms with Crippen LogP contribution in [0.25, 0.3) is 0 Å². The molecule has 1 N–H and O–H groups in total. The highest BCUT2D eigenvalue weighted by molar-refractivity contribution is 7.80. The van der Waals surface area contributed by atoms with Gasteiger partial charge in [0, 0.05) is 31.7 Å². The van der Waals surface area contributed by atoms with E-state index in [1.807, 2.05) is 10.8 Å².